The van der Waals surface area contributed by atoms with Crippen molar-refractivity contribution in [1.82, 2.24) is 4.31 Å². The summed E-state index contributed by atoms with van der Waals surface area (Å²) in [5, 5.41) is 9.52. The minimum absolute atomic E-state index is 0.143. The van der Waals surface area contributed by atoms with E-state index in [2.05, 4.69) is 0 Å². The minimum Gasteiger partial charge on any atom is -0.392 e. The second-order valence-electron chi connectivity index (χ2n) is 5.05. The van der Waals surface area contributed by atoms with Gasteiger partial charge in [-0.05, 0) is 44.0 Å². The number of benzene rings is 1. The first-order valence-corrected chi connectivity index (χ1v) is 7.87. The van der Waals surface area contributed by atoms with Gasteiger partial charge in [0.1, 0.15) is 0 Å². The third-order valence-corrected chi connectivity index (χ3v) is 6.00. The monoisotopic (exact) mass is 305 g/mol. The second-order valence-corrected chi connectivity index (χ2v) is 7.43. The number of aliphatic hydroxyl groups is 1. The first-order valence-electron chi connectivity index (χ1n) is 6.05. The first-order chi connectivity index (χ1) is 8.66. The van der Waals surface area contributed by atoms with Gasteiger partial charge in [0.05, 0.1) is 11.5 Å². The highest BCUT2D eigenvalue weighted by Gasteiger charge is 2.32. The van der Waals surface area contributed by atoms with Gasteiger partial charge >= 0.3 is 0 Å². The van der Waals surface area contributed by atoms with Gasteiger partial charge in [-0.1, -0.05) is 18.5 Å². The first kappa shape index (κ1) is 16.4. The maximum absolute atomic E-state index is 12.5. The second kappa shape index (κ2) is 5.79. The molecule has 1 aromatic rings. The highest BCUT2D eigenvalue weighted by Crippen LogP contribution is 2.27. The molecule has 0 aliphatic heterocycles. The van der Waals surface area contributed by atoms with E-state index in [1.807, 2.05) is 20.8 Å². The van der Waals surface area contributed by atoms with E-state index in [0.29, 0.717) is 17.0 Å². The van der Waals surface area contributed by atoms with Crippen LogP contribution in [0.15, 0.2) is 23.1 Å². The molecule has 1 aromatic carbocycles. The average molecular weight is 306 g/mol. The molecule has 0 aliphatic rings. The van der Waals surface area contributed by atoms with Crippen molar-refractivity contribution in [3.8, 4) is 0 Å². The molecule has 0 aliphatic carbocycles. The molecule has 0 atom stereocenters. The molecule has 1 rings (SSSR count). The molecule has 0 aromatic heterocycles. The van der Waals surface area contributed by atoms with Crippen LogP contribution in [0.3, 0.4) is 0 Å². The van der Waals surface area contributed by atoms with Gasteiger partial charge in [-0.25, -0.2) is 8.42 Å². The highest BCUT2D eigenvalue weighted by atomic mass is 35.5. The molecule has 0 saturated heterocycles. The third-order valence-electron chi connectivity index (χ3n) is 3.56. The summed E-state index contributed by atoms with van der Waals surface area (Å²) in [5.74, 6) is 0. The van der Waals surface area contributed by atoms with E-state index >= 15 is 0 Å². The summed E-state index contributed by atoms with van der Waals surface area (Å²) in [6.45, 7) is 5.39. The fourth-order valence-electron chi connectivity index (χ4n) is 1.54. The van der Waals surface area contributed by atoms with Crippen molar-refractivity contribution in [3.63, 3.8) is 0 Å². The zero-order chi connectivity index (χ0) is 14.8. The lowest BCUT2D eigenvalue weighted by atomic mass is 10.0. The van der Waals surface area contributed by atoms with E-state index in [1.54, 1.807) is 7.05 Å². The van der Waals surface area contributed by atoms with Gasteiger partial charge in [0.25, 0.3) is 0 Å². The number of rotatable bonds is 5. The number of halogens is 1. The number of hydrogen-bond acceptors (Lipinski definition) is 3. The molecular weight excluding hydrogens is 286 g/mol. The number of nitrogens with zero attached hydrogens (tertiary/aromatic N) is 1. The van der Waals surface area contributed by atoms with E-state index in [0.717, 1.165) is 0 Å². The van der Waals surface area contributed by atoms with Crippen LogP contribution in [0.5, 0.6) is 0 Å². The number of aliphatic hydroxyl groups excluding tert-OH is 1. The maximum atomic E-state index is 12.5. The van der Waals surface area contributed by atoms with Crippen molar-refractivity contribution in [3.05, 3.63) is 28.8 Å². The predicted octanol–water partition coefficient (Wildman–Crippen LogP) is 2.64. The zero-order valence-electron chi connectivity index (χ0n) is 11.6. The molecule has 1 N–H and O–H groups in total. The summed E-state index contributed by atoms with van der Waals surface area (Å²) in [5.41, 5.74) is -0.0665. The Hall–Kier alpha value is -0.620. The van der Waals surface area contributed by atoms with E-state index in [-0.39, 0.29) is 11.5 Å². The minimum atomic E-state index is -3.59. The predicted molar refractivity (Wildman–Crippen MR) is 76.7 cm³/mol. The molecule has 0 saturated carbocycles. The molecule has 0 heterocycles. The van der Waals surface area contributed by atoms with Gasteiger partial charge in [0, 0.05) is 17.6 Å². The molecule has 0 fully saturated rings. The average Bonchev–Trinajstić information content (AvgIpc) is 2.38. The van der Waals surface area contributed by atoms with Gasteiger partial charge in [0.2, 0.25) is 10.0 Å². The van der Waals surface area contributed by atoms with Gasteiger partial charge < -0.3 is 5.11 Å². The van der Waals surface area contributed by atoms with Crippen LogP contribution in [0.25, 0.3) is 0 Å². The van der Waals surface area contributed by atoms with Gasteiger partial charge in [0.15, 0.2) is 0 Å². The van der Waals surface area contributed by atoms with Crippen molar-refractivity contribution in [1.29, 1.82) is 0 Å². The SMILES string of the molecule is CCC(C)(C)N(C)S(=O)(=O)c1ccc(Cl)c(CO)c1. The largest absolute Gasteiger partial charge is 0.392 e. The van der Waals surface area contributed by atoms with E-state index in [1.165, 1.54) is 22.5 Å². The van der Waals surface area contributed by atoms with Crippen LogP contribution >= 0.6 is 11.6 Å². The Morgan fingerprint density at radius 3 is 2.42 bits per heavy atom. The van der Waals surface area contributed by atoms with Crippen LogP contribution in [-0.2, 0) is 16.6 Å². The number of hydrogen-bond donors (Lipinski definition) is 1. The molecule has 19 heavy (non-hydrogen) atoms. The lowest BCUT2D eigenvalue weighted by Gasteiger charge is -2.33. The Morgan fingerprint density at radius 2 is 1.95 bits per heavy atom. The Bertz CT molecular complexity index is 555. The van der Waals surface area contributed by atoms with Crippen LogP contribution in [-0.4, -0.2) is 30.4 Å². The fourth-order valence-corrected chi connectivity index (χ4v) is 3.34. The standard InChI is InChI=1S/C13H20ClNO3S/c1-5-13(2,3)15(4)19(17,18)11-6-7-12(14)10(8-11)9-16/h6-8,16H,5,9H2,1-4H3. The quantitative estimate of drug-likeness (QED) is 0.910. The Balaban J connectivity index is 3.28. The molecule has 0 amide bonds. The molecule has 0 unspecified atom stereocenters. The van der Waals surface area contributed by atoms with Crippen LogP contribution in [0.4, 0.5) is 0 Å². The summed E-state index contributed by atoms with van der Waals surface area (Å²) in [6, 6.07) is 4.37. The van der Waals surface area contributed by atoms with Crippen LogP contribution < -0.4 is 0 Å². The number of sulfonamides is 1. The molecule has 0 spiro atoms. The van der Waals surface area contributed by atoms with Gasteiger partial charge in [-0.3, -0.25) is 0 Å². The molecule has 108 valence electrons. The van der Waals surface area contributed by atoms with Crippen molar-refractivity contribution >= 4 is 21.6 Å². The zero-order valence-corrected chi connectivity index (χ0v) is 13.2. The summed E-state index contributed by atoms with van der Waals surface area (Å²) in [7, 11) is -2.03. The van der Waals surface area contributed by atoms with Gasteiger partial charge in [-0.15, -0.1) is 0 Å². The Kier molecular flexibility index (Phi) is 5.01. The molecular formula is C13H20ClNO3S. The summed E-state index contributed by atoms with van der Waals surface area (Å²) < 4.78 is 26.4. The normalized spacial score (nSPS) is 13.0. The fraction of sp³-hybridized carbons (Fsp3) is 0.538. The van der Waals surface area contributed by atoms with E-state index in [9.17, 15) is 8.42 Å². The highest BCUT2D eigenvalue weighted by molar-refractivity contribution is 7.89. The van der Waals surface area contributed by atoms with E-state index < -0.39 is 15.6 Å². The summed E-state index contributed by atoms with van der Waals surface area (Å²) in [6.07, 6.45) is 0.698. The summed E-state index contributed by atoms with van der Waals surface area (Å²) >= 11 is 5.87. The van der Waals surface area contributed by atoms with Crippen molar-refractivity contribution in [2.75, 3.05) is 7.05 Å². The smallest absolute Gasteiger partial charge is 0.243 e. The molecule has 0 bridgehead atoms. The Morgan fingerprint density at radius 1 is 1.37 bits per heavy atom. The molecule has 4 nitrogen and oxygen atoms in total. The van der Waals surface area contributed by atoms with Gasteiger partial charge in [-0.2, -0.15) is 4.31 Å². The Labute approximate surface area is 120 Å². The van der Waals surface area contributed by atoms with Crippen molar-refractivity contribution < 1.29 is 13.5 Å². The topological polar surface area (TPSA) is 57.6 Å². The van der Waals surface area contributed by atoms with Crippen LogP contribution in [0.2, 0.25) is 5.02 Å². The van der Waals surface area contributed by atoms with Crippen LogP contribution in [0.1, 0.15) is 32.8 Å². The van der Waals surface area contributed by atoms with Crippen molar-refractivity contribution in [2.24, 2.45) is 0 Å². The van der Waals surface area contributed by atoms with Crippen molar-refractivity contribution in [2.45, 2.75) is 44.2 Å². The van der Waals surface area contributed by atoms with E-state index in [4.69, 9.17) is 16.7 Å². The molecule has 6 heteroatoms. The molecule has 0 radical (unpaired) electrons. The lowest BCUT2D eigenvalue weighted by molar-refractivity contribution is 0.257. The lowest BCUT2D eigenvalue weighted by Crippen LogP contribution is -2.44. The third kappa shape index (κ3) is 3.28. The van der Waals surface area contributed by atoms with Crippen LogP contribution in [0, 0.1) is 0 Å². The maximum Gasteiger partial charge on any atom is 0.243 e. The summed E-state index contributed by atoms with van der Waals surface area (Å²) in [4.78, 5) is 0.143.